The molecule has 0 spiro atoms. The van der Waals surface area contributed by atoms with E-state index in [1.54, 1.807) is 34.9 Å². The zero-order valence-corrected chi connectivity index (χ0v) is 25.8. The number of hydrogen-bond donors (Lipinski definition) is 5. The number of benzene rings is 3. The second-order valence-electron chi connectivity index (χ2n) is 11.4. The second kappa shape index (κ2) is 13.9. The number of carbonyl (C=O) groups excluding carboxylic acids is 1. The third-order valence-corrected chi connectivity index (χ3v) is 8.24. The third kappa shape index (κ3) is 7.04. The van der Waals surface area contributed by atoms with Gasteiger partial charge in [0.25, 0.3) is 5.91 Å². The van der Waals surface area contributed by atoms with Crippen molar-refractivity contribution in [1.82, 2.24) is 9.88 Å². The Morgan fingerprint density at radius 2 is 1.68 bits per heavy atom. The number of pyridine rings is 1. The maximum atomic E-state index is 15.2. The van der Waals surface area contributed by atoms with Crippen LogP contribution in [0.5, 0.6) is 11.5 Å². The Kier molecular flexibility index (Phi) is 9.75. The van der Waals surface area contributed by atoms with Crippen LogP contribution >= 0.6 is 0 Å². The molecule has 1 saturated carbocycles. The largest absolute Gasteiger partial charge is 0.507 e. The molecule has 2 heterocycles. The fourth-order valence-corrected chi connectivity index (χ4v) is 5.72. The van der Waals surface area contributed by atoms with Crippen LogP contribution in [0.4, 0.5) is 15.8 Å². The molecule has 12 nitrogen and oxygen atoms in total. The van der Waals surface area contributed by atoms with Gasteiger partial charge in [-0.3, -0.25) is 9.59 Å². The number of likely N-dealkylation sites (N-methyl/N-ethyl adjacent to an activating group) is 1. The highest BCUT2D eigenvalue weighted by Gasteiger charge is 2.32. The third-order valence-electron chi connectivity index (χ3n) is 8.24. The highest BCUT2D eigenvalue weighted by molar-refractivity contribution is 6.04. The first-order chi connectivity index (χ1) is 22.5. The van der Waals surface area contributed by atoms with E-state index < -0.39 is 28.9 Å². The summed E-state index contributed by atoms with van der Waals surface area (Å²) in [5.41, 5.74) is 0.380. The van der Waals surface area contributed by atoms with Gasteiger partial charge in [0.1, 0.15) is 22.6 Å². The summed E-state index contributed by atoms with van der Waals surface area (Å²) in [7, 11) is 3.35. The van der Waals surface area contributed by atoms with E-state index in [2.05, 4.69) is 10.6 Å². The maximum absolute atomic E-state index is 15.2. The lowest BCUT2D eigenvalue weighted by Crippen LogP contribution is -2.45. The number of aromatic nitrogens is 1. The van der Waals surface area contributed by atoms with Crippen LogP contribution in [-0.4, -0.2) is 71.0 Å². The molecule has 1 unspecified atom stereocenters. The monoisotopic (exact) mass is 646 g/mol. The summed E-state index contributed by atoms with van der Waals surface area (Å²) in [6.45, 7) is 1.33. The highest BCUT2D eigenvalue weighted by Crippen LogP contribution is 2.44. The number of anilines is 2. The number of carboxylic acids is 2. The molecule has 1 aliphatic heterocycles. The summed E-state index contributed by atoms with van der Waals surface area (Å²) in [4.78, 5) is 48.8. The minimum atomic E-state index is -1.31. The number of rotatable bonds is 8. The standard InChI is InChI=1S/C20H24FN3O4.C14H11NO4/c1-22-11-4-3-7-23(9-11)17-15(21)8-13-16(19(17)28-2)24(12-5-6-12)10-14(18(13)25)20(26)27;16-12-8-10(6-7-11(12)14(18)19)15-13(17)9-4-2-1-3-5-9/h8,10-12,22H,3-7,9H2,1-2H3,(H,26,27);1-8,16H,(H,15,17)(H,18,19). The number of nitrogens with one attached hydrogen (secondary N) is 2. The van der Waals surface area contributed by atoms with E-state index in [-0.39, 0.29) is 34.5 Å². The highest BCUT2D eigenvalue weighted by atomic mass is 19.1. The molecule has 6 rings (SSSR count). The number of aromatic hydroxyl groups is 1. The Labute approximate surface area is 269 Å². The molecule has 5 N–H and O–H groups in total. The lowest BCUT2D eigenvalue weighted by atomic mass is 10.0. The minimum absolute atomic E-state index is 0.0482. The SMILES string of the molecule is CNC1CCCN(c2c(F)cc3c(=O)c(C(=O)O)cn(C4CC4)c3c2OC)C1.O=C(Nc1ccc(C(=O)O)c(O)c1)c1ccccc1. The van der Waals surface area contributed by atoms with Gasteiger partial charge in [0.2, 0.25) is 5.43 Å². The molecule has 2 fully saturated rings. The smallest absolute Gasteiger partial charge is 0.341 e. The van der Waals surface area contributed by atoms with Crippen molar-refractivity contribution in [2.75, 3.05) is 37.5 Å². The Bertz CT molecular complexity index is 1890. The zero-order chi connectivity index (χ0) is 33.8. The van der Waals surface area contributed by atoms with Crippen LogP contribution < -0.4 is 25.7 Å². The summed E-state index contributed by atoms with van der Waals surface area (Å²) in [6, 6.07) is 13.9. The van der Waals surface area contributed by atoms with Gasteiger partial charge in [0.05, 0.1) is 18.0 Å². The summed E-state index contributed by atoms with van der Waals surface area (Å²) >= 11 is 0. The van der Waals surface area contributed by atoms with Crippen LogP contribution in [0.15, 0.2) is 65.6 Å². The van der Waals surface area contributed by atoms with Crippen molar-refractivity contribution in [3.05, 3.63) is 93.5 Å². The first kappa shape index (κ1) is 32.9. The molecule has 1 amide bonds. The Balaban J connectivity index is 0.000000199. The van der Waals surface area contributed by atoms with Crippen molar-refractivity contribution < 1.29 is 38.8 Å². The molecule has 1 atom stereocenters. The molecule has 246 valence electrons. The van der Waals surface area contributed by atoms with E-state index in [0.29, 0.717) is 41.3 Å². The zero-order valence-electron chi connectivity index (χ0n) is 25.8. The number of piperidine rings is 1. The molecule has 1 aliphatic carbocycles. The lowest BCUT2D eigenvalue weighted by Gasteiger charge is -2.35. The fourth-order valence-electron chi connectivity index (χ4n) is 5.72. The fraction of sp³-hybridized carbons (Fsp3) is 0.294. The van der Waals surface area contributed by atoms with Crippen molar-refractivity contribution >= 4 is 40.1 Å². The van der Waals surface area contributed by atoms with Crippen molar-refractivity contribution in [3.63, 3.8) is 0 Å². The van der Waals surface area contributed by atoms with E-state index >= 15 is 4.39 Å². The van der Waals surface area contributed by atoms with E-state index in [0.717, 1.165) is 25.7 Å². The predicted molar refractivity (Wildman–Crippen MR) is 174 cm³/mol. The van der Waals surface area contributed by atoms with E-state index in [1.165, 1.54) is 37.6 Å². The van der Waals surface area contributed by atoms with Gasteiger partial charge in [-0.25, -0.2) is 14.0 Å². The number of hydrogen-bond acceptors (Lipinski definition) is 8. The normalized spacial score (nSPS) is 15.8. The quantitative estimate of drug-likeness (QED) is 0.181. The topological polar surface area (TPSA) is 170 Å². The Hall–Kier alpha value is -5.43. The van der Waals surface area contributed by atoms with Crippen molar-refractivity contribution in [1.29, 1.82) is 0 Å². The number of halogens is 1. The van der Waals surface area contributed by atoms with E-state index in [4.69, 9.17) is 9.84 Å². The molecular weight excluding hydrogens is 611 g/mol. The van der Waals surface area contributed by atoms with Crippen LogP contribution in [-0.2, 0) is 0 Å². The second-order valence-corrected chi connectivity index (χ2v) is 11.4. The summed E-state index contributed by atoms with van der Waals surface area (Å²) < 4.78 is 22.6. The number of carbonyl (C=O) groups is 3. The molecule has 13 heteroatoms. The molecule has 4 aromatic rings. The number of amides is 1. The van der Waals surface area contributed by atoms with Gasteiger partial charge in [0.15, 0.2) is 11.6 Å². The molecular formula is C34H35FN4O8. The van der Waals surface area contributed by atoms with Gasteiger partial charge in [-0.15, -0.1) is 0 Å². The van der Waals surface area contributed by atoms with Crippen LogP contribution in [0.2, 0.25) is 0 Å². The van der Waals surface area contributed by atoms with Crippen molar-refractivity contribution in [2.45, 2.75) is 37.8 Å². The minimum Gasteiger partial charge on any atom is -0.507 e. The molecule has 2 aliphatic rings. The van der Waals surface area contributed by atoms with Gasteiger partial charge in [-0.2, -0.15) is 0 Å². The van der Waals surface area contributed by atoms with Gasteiger partial charge in [0, 0.05) is 48.7 Å². The lowest BCUT2D eigenvalue weighted by molar-refractivity contribution is 0.0683. The number of nitrogens with zero attached hydrogens (tertiary/aromatic N) is 2. The van der Waals surface area contributed by atoms with Gasteiger partial charge in [-0.1, -0.05) is 18.2 Å². The average Bonchev–Trinajstić information content (AvgIpc) is 3.91. The summed E-state index contributed by atoms with van der Waals surface area (Å²) in [5.74, 6) is -3.52. The Morgan fingerprint density at radius 3 is 2.28 bits per heavy atom. The van der Waals surface area contributed by atoms with Gasteiger partial charge < -0.3 is 40.2 Å². The average molecular weight is 647 g/mol. The molecule has 0 bridgehead atoms. The Morgan fingerprint density at radius 1 is 0.979 bits per heavy atom. The van der Waals surface area contributed by atoms with Crippen LogP contribution in [0.3, 0.4) is 0 Å². The van der Waals surface area contributed by atoms with Crippen molar-refractivity contribution in [3.8, 4) is 11.5 Å². The van der Waals surface area contributed by atoms with Gasteiger partial charge in [-0.05, 0) is 63.1 Å². The molecule has 1 aromatic heterocycles. The first-order valence-corrected chi connectivity index (χ1v) is 15.1. The maximum Gasteiger partial charge on any atom is 0.341 e. The van der Waals surface area contributed by atoms with E-state index in [1.807, 2.05) is 11.9 Å². The number of aromatic carboxylic acids is 2. The summed E-state index contributed by atoms with van der Waals surface area (Å²) in [5, 5.41) is 33.6. The first-order valence-electron chi connectivity index (χ1n) is 15.1. The van der Waals surface area contributed by atoms with Crippen LogP contribution in [0.25, 0.3) is 10.9 Å². The number of carboxylic acid groups (broad SMARTS) is 2. The van der Waals surface area contributed by atoms with Crippen molar-refractivity contribution in [2.24, 2.45) is 0 Å². The number of fused-ring (bicyclic) bond motifs is 1. The number of ether oxygens (including phenoxy) is 1. The predicted octanol–water partition coefficient (Wildman–Crippen LogP) is 4.71. The van der Waals surface area contributed by atoms with Crippen LogP contribution in [0.1, 0.15) is 62.8 Å². The van der Waals surface area contributed by atoms with E-state index in [9.17, 15) is 29.4 Å². The molecule has 0 radical (unpaired) electrons. The molecule has 3 aromatic carbocycles. The number of phenols is 1. The number of methoxy groups -OCH3 is 1. The molecule has 1 saturated heterocycles. The van der Waals surface area contributed by atoms with Gasteiger partial charge >= 0.3 is 11.9 Å². The molecule has 47 heavy (non-hydrogen) atoms. The summed E-state index contributed by atoms with van der Waals surface area (Å²) in [6.07, 6.45) is 5.08. The van der Waals surface area contributed by atoms with Crippen LogP contribution in [0, 0.1) is 5.82 Å².